The van der Waals surface area contributed by atoms with Crippen molar-refractivity contribution in [3.05, 3.63) is 53.9 Å². The van der Waals surface area contributed by atoms with Crippen LogP contribution in [0, 0.1) is 0 Å². The number of hydrogen-bond donors (Lipinski definition) is 1. The molecule has 1 aromatic carbocycles. The summed E-state index contributed by atoms with van der Waals surface area (Å²) >= 11 is 1.80. The molecule has 0 radical (unpaired) electrons. The van der Waals surface area contributed by atoms with Crippen molar-refractivity contribution in [2.75, 3.05) is 7.11 Å². The third kappa shape index (κ3) is 5.06. The fraction of sp³-hybridized carbons (Fsp3) is 0.353. The van der Waals surface area contributed by atoms with Crippen LogP contribution in [0.25, 0.3) is 0 Å². The third-order valence-electron chi connectivity index (χ3n) is 3.10. The lowest BCUT2D eigenvalue weighted by Crippen LogP contribution is -2.21. The molecule has 0 atom stereocenters. The summed E-state index contributed by atoms with van der Waals surface area (Å²) in [5.41, 5.74) is 2.51. The van der Waals surface area contributed by atoms with E-state index in [-0.39, 0.29) is 0 Å². The Bertz CT molecular complexity index is 558. The standard InChI is InChI=1S/C17H22N2OS/c1-13(2)19-11-14-4-5-17(20-3)15(10-14)12-21-16-6-8-18-9-7-16/h4-10,13,19H,11-12H2,1-3H3. The van der Waals surface area contributed by atoms with Gasteiger partial charge in [-0.05, 0) is 29.8 Å². The number of thioether (sulfide) groups is 1. The summed E-state index contributed by atoms with van der Waals surface area (Å²) in [4.78, 5) is 5.26. The van der Waals surface area contributed by atoms with Crippen LogP contribution in [-0.4, -0.2) is 18.1 Å². The van der Waals surface area contributed by atoms with Crippen molar-refractivity contribution in [1.29, 1.82) is 0 Å². The monoisotopic (exact) mass is 302 g/mol. The van der Waals surface area contributed by atoms with Gasteiger partial charge in [0.25, 0.3) is 0 Å². The van der Waals surface area contributed by atoms with Gasteiger partial charge in [0.1, 0.15) is 5.75 Å². The van der Waals surface area contributed by atoms with Crippen molar-refractivity contribution in [1.82, 2.24) is 10.3 Å². The van der Waals surface area contributed by atoms with E-state index in [1.807, 2.05) is 24.5 Å². The van der Waals surface area contributed by atoms with Crippen LogP contribution in [0.1, 0.15) is 25.0 Å². The first-order valence-corrected chi connectivity index (χ1v) is 8.09. The van der Waals surface area contributed by atoms with Gasteiger partial charge in [0.2, 0.25) is 0 Å². The summed E-state index contributed by atoms with van der Waals surface area (Å²) in [7, 11) is 1.72. The van der Waals surface area contributed by atoms with E-state index in [0.717, 1.165) is 18.0 Å². The molecule has 0 saturated heterocycles. The zero-order valence-corrected chi connectivity index (χ0v) is 13.6. The lowest BCUT2D eigenvalue weighted by molar-refractivity contribution is 0.411. The number of nitrogens with zero attached hydrogens (tertiary/aromatic N) is 1. The maximum Gasteiger partial charge on any atom is 0.122 e. The highest BCUT2D eigenvalue weighted by Crippen LogP contribution is 2.28. The Morgan fingerprint density at radius 2 is 1.95 bits per heavy atom. The Kier molecular flexibility index (Phi) is 6.08. The van der Waals surface area contributed by atoms with Gasteiger partial charge in [0.15, 0.2) is 0 Å². The number of ether oxygens (including phenoxy) is 1. The SMILES string of the molecule is COc1ccc(CNC(C)C)cc1CSc1ccncc1. The van der Waals surface area contributed by atoms with Gasteiger partial charge in [0.05, 0.1) is 7.11 Å². The number of benzene rings is 1. The Morgan fingerprint density at radius 1 is 1.19 bits per heavy atom. The van der Waals surface area contributed by atoms with Gasteiger partial charge < -0.3 is 10.1 Å². The molecular formula is C17H22N2OS. The van der Waals surface area contributed by atoms with Crippen LogP contribution in [0.15, 0.2) is 47.6 Å². The molecule has 1 heterocycles. The van der Waals surface area contributed by atoms with Gasteiger partial charge in [-0.25, -0.2) is 0 Å². The summed E-state index contributed by atoms with van der Waals surface area (Å²) < 4.78 is 5.47. The fourth-order valence-corrected chi connectivity index (χ4v) is 2.83. The second-order valence-electron chi connectivity index (χ2n) is 5.15. The molecule has 3 nitrogen and oxygen atoms in total. The van der Waals surface area contributed by atoms with Gasteiger partial charge in [-0.1, -0.05) is 19.9 Å². The molecule has 0 amide bonds. The molecule has 1 N–H and O–H groups in total. The molecule has 112 valence electrons. The molecule has 0 bridgehead atoms. The van der Waals surface area contributed by atoms with Crippen LogP contribution < -0.4 is 10.1 Å². The van der Waals surface area contributed by atoms with E-state index in [9.17, 15) is 0 Å². The van der Waals surface area contributed by atoms with Crippen LogP contribution in [-0.2, 0) is 12.3 Å². The second kappa shape index (κ2) is 8.05. The van der Waals surface area contributed by atoms with E-state index in [1.165, 1.54) is 16.0 Å². The van der Waals surface area contributed by atoms with Gasteiger partial charge in [-0.2, -0.15) is 0 Å². The van der Waals surface area contributed by atoms with Crippen LogP contribution in [0.4, 0.5) is 0 Å². The molecule has 2 aromatic rings. The van der Waals surface area contributed by atoms with Crippen LogP contribution in [0.5, 0.6) is 5.75 Å². The highest BCUT2D eigenvalue weighted by molar-refractivity contribution is 7.98. The zero-order valence-electron chi connectivity index (χ0n) is 12.8. The maximum atomic E-state index is 5.47. The number of nitrogens with one attached hydrogen (secondary N) is 1. The van der Waals surface area contributed by atoms with Crippen molar-refractivity contribution in [2.45, 2.75) is 37.1 Å². The van der Waals surface area contributed by atoms with Crippen molar-refractivity contribution in [2.24, 2.45) is 0 Å². The number of aromatic nitrogens is 1. The summed E-state index contributed by atoms with van der Waals surface area (Å²) in [6.07, 6.45) is 3.64. The molecule has 0 unspecified atom stereocenters. The van der Waals surface area contributed by atoms with Crippen LogP contribution >= 0.6 is 11.8 Å². The molecule has 0 fully saturated rings. The molecule has 21 heavy (non-hydrogen) atoms. The highest BCUT2D eigenvalue weighted by atomic mass is 32.2. The summed E-state index contributed by atoms with van der Waals surface area (Å²) in [5.74, 6) is 1.84. The molecular weight excluding hydrogens is 280 g/mol. The average molecular weight is 302 g/mol. The first kappa shape index (κ1) is 15.9. The largest absolute Gasteiger partial charge is 0.496 e. The van der Waals surface area contributed by atoms with Crippen LogP contribution in [0.2, 0.25) is 0 Å². The Morgan fingerprint density at radius 3 is 2.62 bits per heavy atom. The zero-order chi connectivity index (χ0) is 15.1. The smallest absolute Gasteiger partial charge is 0.122 e. The van der Waals surface area contributed by atoms with Crippen molar-refractivity contribution < 1.29 is 4.74 Å². The molecule has 0 spiro atoms. The van der Waals surface area contributed by atoms with Gasteiger partial charge in [-0.15, -0.1) is 11.8 Å². The highest BCUT2D eigenvalue weighted by Gasteiger charge is 2.06. The molecule has 0 aliphatic heterocycles. The van der Waals surface area contributed by atoms with Gasteiger partial charge in [-0.3, -0.25) is 4.98 Å². The topological polar surface area (TPSA) is 34.1 Å². The van der Waals surface area contributed by atoms with Crippen molar-refractivity contribution in [3.63, 3.8) is 0 Å². The molecule has 0 aliphatic carbocycles. The first-order chi connectivity index (χ1) is 10.2. The van der Waals surface area contributed by atoms with E-state index in [0.29, 0.717) is 6.04 Å². The quantitative estimate of drug-likeness (QED) is 0.787. The Balaban J connectivity index is 2.06. The minimum atomic E-state index is 0.488. The van der Waals surface area contributed by atoms with E-state index >= 15 is 0 Å². The molecule has 0 aliphatic rings. The second-order valence-corrected chi connectivity index (χ2v) is 6.20. The predicted octanol–water partition coefficient (Wildman–Crippen LogP) is 3.88. The molecule has 1 aromatic heterocycles. The molecule has 2 rings (SSSR count). The lowest BCUT2D eigenvalue weighted by atomic mass is 10.1. The van der Waals surface area contributed by atoms with E-state index in [2.05, 4.69) is 42.3 Å². The minimum absolute atomic E-state index is 0.488. The van der Waals surface area contributed by atoms with E-state index < -0.39 is 0 Å². The first-order valence-electron chi connectivity index (χ1n) is 7.11. The number of methoxy groups -OCH3 is 1. The van der Waals surface area contributed by atoms with Gasteiger partial charge in [0, 0.05) is 41.2 Å². The van der Waals surface area contributed by atoms with E-state index in [1.54, 1.807) is 18.9 Å². The predicted molar refractivity (Wildman–Crippen MR) is 88.8 cm³/mol. The van der Waals surface area contributed by atoms with Gasteiger partial charge >= 0.3 is 0 Å². The van der Waals surface area contributed by atoms with E-state index in [4.69, 9.17) is 4.74 Å². The summed E-state index contributed by atoms with van der Waals surface area (Å²) in [6, 6.07) is 10.9. The maximum absolute atomic E-state index is 5.47. The minimum Gasteiger partial charge on any atom is -0.496 e. The normalized spacial score (nSPS) is 10.9. The number of pyridine rings is 1. The summed E-state index contributed by atoms with van der Waals surface area (Å²) in [5, 5.41) is 3.44. The molecule has 0 saturated carbocycles. The van der Waals surface area contributed by atoms with Crippen molar-refractivity contribution >= 4 is 11.8 Å². The summed E-state index contributed by atoms with van der Waals surface area (Å²) in [6.45, 7) is 5.20. The molecule has 4 heteroatoms. The third-order valence-corrected chi connectivity index (χ3v) is 4.16. The fourth-order valence-electron chi connectivity index (χ4n) is 1.97. The number of hydrogen-bond acceptors (Lipinski definition) is 4. The average Bonchev–Trinajstić information content (AvgIpc) is 2.52. The Labute approximate surface area is 131 Å². The van der Waals surface area contributed by atoms with Crippen molar-refractivity contribution in [3.8, 4) is 5.75 Å². The lowest BCUT2D eigenvalue weighted by Gasteiger charge is -2.12. The number of rotatable bonds is 7. The Hall–Kier alpha value is -1.52. The van der Waals surface area contributed by atoms with Crippen LogP contribution in [0.3, 0.4) is 0 Å².